The molecule has 0 radical (unpaired) electrons. The molecule has 0 heterocycles. The van der Waals surface area contributed by atoms with Gasteiger partial charge in [-0.2, -0.15) is 0 Å². The van der Waals surface area contributed by atoms with Gasteiger partial charge in [0.15, 0.2) is 0 Å². The Balaban J connectivity index is 2.04. The molecule has 1 amide bonds. The fraction of sp³-hybridized carbons (Fsp3) is 0.667. The topological polar surface area (TPSA) is 78.3 Å². The van der Waals surface area contributed by atoms with Crippen LogP contribution in [0, 0.1) is 0 Å². The minimum Gasteiger partial charge on any atom is -0.494 e. The number of rotatable bonds is 15. The fourth-order valence-corrected chi connectivity index (χ4v) is 2.93. The largest absolute Gasteiger partial charge is 0.494 e. The van der Waals surface area contributed by atoms with E-state index in [0.29, 0.717) is 0 Å². The van der Waals surface area contributed by atoms with Crippen molar-refractivity contribution in [2.24, 2.45) is 11.5 Å². The average molecular weight is 349 g/mol. The molecule has 4 heteroatoms. The van der Waals surface area contributed by atoms with Crippen LogP contribution in [0.2, 0.25) is 0 Å². The third-order valence-corrected chi connectivity index (χ3v) is 4.50. The van der Waals surface area contributed by atoms with E-state index < -0.39 is 0 Å². The molecular weight excluding hydrogens is 312 g/mol. The molecule has 25 heavy (non-hydrogen) atoms. The van der Waals surface area contributed by atoms with Gasteiger partial charge in [0.25, 0.3) is 0 Å². The number of benzene rings is 1. The quantitative estimate of drug-likeness (QED) is 0.444. The SMILES string of the molecule is CCCCCCCCCCCCOc1ccc(C(N)CC(N)=O)cc1. The van der Waals surface area contributed by atoms with Crippen molar-refractivity contribution in [2.75, 3.05) is 6.61 Å². The number of nitrogens with two attached hydrogens (primary N) is 2. The van der Waals surface area contributed by atoms with Crippen molar-refractivity contribution in [3.8, 4) is 5.75 Å². The maximum Gasteiger partial charge on any atom is 0.219 e. The second kappa shape index (κ2) is 13.7. The molecule has 1 unspecified atom stereocenters. The number of unbranched alkanes of at least 4 members (excludes halogenated alkanes) is 9. The van der Waals surface area contributed by atoms with E-state index in [-0.39, 0.29) is 18.4 Å². The highest BCUT2D eigenvalue weighted by atomic mass is 16.5. The van der Waals surface area contributed by atoms with E-state index in [1.165, 1.54) is 57.8 Å². The number of hydrogen-bond acceptors (Lipinski definition) is 3. The van der Waals surface area contributed by atoms with Gasteiger partial charge in [0.1, 0.15) is 5.75 Å². The monoisotopic (exact) mass is 348 g/mol. The smallest absolute Gasteiger partial charge is 0.219 e. The number of hydrogen-bond donors (Lipinski definition) is 2. The molecule has 142 valence electrons. The molecule has 4 N–H and O–H groups in total. The van der Waals surface area contributed by atoms with Gasteiger partial charge in [0.05, 0.1) is 6.61 Å². The van der Waals surface area contributed by atoms with Gasteiger partial charge in [-0.05, 0) is 24.1 Å². The Labute approximate surface area is 153 Å². The number of carbonyl (C=O) groups is 1. The highest BCUT2D eigenvalue weighted by Gasteiger charge is 2.09. The van der Waals surface area contributed by atoms with Gasteiger partial charge in [-0.25, -0.2) is 0 Å². The molecule has 0 aliphatic rings. The van der Waals surface area contributed by atoms with Crippen LogP contribution in [-0.4, -0.2) is 12.5 Å². The lowest BCUT2D eigenvalue weighted by Gasteiger charge is -2.11. The molecule has 0 saturated heterocycles. The molecule has 1 aromatic rings. The van der Waals surface area contributed by atoms with Crippen molar-refractivity contribution in [1.82, 2.24) is 0 Å². The van der Waals surface area contributed by atoms with E-state index in [9.17, 15) is 4.79 Å². The lowest BCUT2D eigenvalue weighted by atomic mass is 10.0. The first-order chi connectivity index (χ1) is 12.1. The maximum atomic E-state index is 10.9. The summed E-state index contributed by atoms with van der Waals surface area (Å²) in [6, 6.07) is 7.29. The average Bonchev–Trinajstić information content (AvgIpc) is 2.59. The van der Waals surface area contributed by atoms with Gasteiger partial charge in [0, 0.05) is 12.5 Å². The van der Waals surface area contributed by atoms with E-state index in [1.54, 1.807) is 0 Å². The molecule has 1 rings (SSSR count). The number of carbonyl (C=O) groups excluding carboxylic acids is 1. The van der Waals surface area contributed by atoms with E-state index >= 15 is 0 Å². The summed E-state index contributed by atoms with van der Waals surface area (Å²) in [4.78, 5) is 10.9. The molecule has 0 spiro atoms. The molecule has 1 atom stereocenters. The standard InChI is InChI=1S/C21H36N2O2/c1-2-3-4-5-6-7-8-9-10-11-16-25-19-14-12-18(13-15-19)20(22)17-21(23)24/h12-15,20H,2-11,16-17,22H2,1H3,(H2,23,24). The Morgan fingerprint density at radius 1 is 0.920 bits per heavy atom. The van der Waals surface area contributed by atoms with Gasteiger partial charge in [-0.1, -0.05) is 76.8 Å². The molecule has 0 saturated carbocycles. The van der Waals surface area contributed by atoms with Gasteiger partial charge < -0.3 is 16.2 Å². The summed E-state index contributed by atoms with van der Waals surface area (Å²) in [5, 5.41) is 0. The van der Waals surface area contributed by atoms with Gasteiger partial charge in [0.2, 0.25) is 5.91 Å². The second-order valence-electron chi connectivity index (χ2n) is 6.88. The molecule has 1 aromatic carbocycles. The van der Waals surface area contributed by atoms with E-state index in [1.807, 2.05) is 24.3 Å². The van der Waals surface area contributed by atoms with Crippen LogP contribution in [-0.2, 0) is 4.79 Å². The van der Waals surface area contributed by atoms with Gasteiger partial charge in [-0.15, -0.1) is 0 Å². The van der Waals surface area contributed by atoms with Crippen molar-refractivity contribution in [1.29, 1.82) is 0 Å². The molecule has 0 aromatic heterocycles. The van der Waals surface area contributed by atoms with Crippen LogP contribution in [0.4, 0.5) is 0 Å². The summed E-state index contributed by atoms with van der Waals surface area (Å²) in [6.07, 6.45) is 13.4. The van der Waals surface area contributed by atoms with Crippen molar-refractivity contribution in [3.05, 3.63) is 29.8 Å². The molecule has 4 nitrogen and oxygen atoms in total. The molecule has 0 bridgehead atoms. The predicted molar refractivity (Wildman–Crippen MR) is 105 cm³/mol. The van der Waals surface area contributed by atoms with Crippen LogP contribution in [0.3, 0.4) is 0 Å². The number of primary amides is 1. The fourth-order valence-electron chi connectivity index (χ4n) is 2.93. The summed E-state index contributed by atoms with van der Waals surface area (Å²) in [6.45, 7) is 3.01. The summed E-state index contributed by atoms with van der Waals surface area (Å²) in [5.74, 6) is 0.472. The van der Waals surface area contributed by atoms with Crippen molar-refractivity contribution in [3.63, 3.8) is 0 Å². The van der Waals surface area contributed by atoms with E-state index in [0.717, 1.165) is 24.3 Å². The van der Waals surface area contributed by atoms with Crippen LogP contribution in [0.5, 0.6) is 5.75 Å². The zero-order valence-corrected chi connectivity index (χ0v) is 15.8. The first-order valence-corrected chi connectivity index (χ1v) is 9.90. The minimum absolute atomic E-state index is 0.165. The van der Waals surface area contributed by atoms with E-state index in [2.05, 4.69) is 6.92 Å². The molecular formula is C21H36N2O2. The van der Waals surface area contributed by atoms with Gasteiger partial charge in [-0.3, -0.25) is 4.79 Å². The molecule has 0 fully saturated rings. The Bertz CT molecular complexity index is 459. The van der Waals surface area contributed by atoms with Crippen LogP contribution in [0.25, 0.3) is 0 Å². The number of amides is 1. The highest BCUT2D eigenvalue weighted by molar-refractivity contribution is 5.74. The normalized spacial score (nSPS) is 12.1. The first-order valence-electron chi connectivity index (χ1n) is 9.90. The summed E-state index contributed by atoms with van der Waals surface area (Å²) in [7, 11) is 0. The number of ether oxygens (including phenoxy) is 1. The van der Waals surface area contributed by atoms with E-state index in [4.69, 9.17) is 16.2 Å². The van der Waals surface area contributed by atoms with Crippen LogP contribution in [0.1, 0.15) is 89.2 Å². The van der Waals surface area contributed by atoms with Crippen molar-refractivity contribution >= 4 is 5.91 Å². The third kappa shape index (κ3) is 10.8. The van der Waals surface area contributed by atoms with Gasteiger partial charge >= 0.3 is 0 Å². The van der Waals surface area contributed by atoms with Crippen LogP contribution in [0.15, 0.2) is 24.3 Å². The van der Waals surface area contributed by atoms with Crippen molar-refractivity contribution < 1.29 is 9.53 Å². The van der Waals surface area contributed by atoms with Crippen LogP contribution >= 0.6 is 0 Å². The second-order valence-corrected chi connectivity index (χ2v) is 6.88. The molecule has 0 aliphatic heterocycles. The third-order valence-electron chi connectivity index (χ3n) is 4.50. The highest BCUT2D eigenvalue weighted by Crippen LogP contribution is 2.19. The Morgan fingerprint density at radius 2 is 1.44 bits per heavy atom. The van der Waals surface area contributed by atoms with Crippen LogP contribution < -0.4 is 16.2 Å². The molecule has 0 aliphatic carbocycles. The minimum atomic E-state index is -0.381. The Kier molecular flexibility index (Phi) is 11.8. The van der Waals surface area contributed by atoms with Crippen molar-refractivity contribution in [2.45, 2.75) is 83.6 Å². The zero-order valence-electron chi connectivity index (χ0n) is 15.8. The zero-order chi connectivity index (χ0) is 18.3. The lowest BCUT2D eigenvalue weighted by molar-refractivity contribution is -0.118. The predicted octanol–water partition coefficient (Wildman–Crippen LogP) is 4.86. The summed E-state index contributed by atoms with van der Waals surface area (Å²) >= 11 is 0. The summed E-state index contributed by atoms with van der Waals surface area (Å²) in [5.41, 5.74) is 12.0. The Morgan fingerprint density at radius 3 is 1.96 bits per heavy atom. The maximum absolute atomic E-state index is 10.9. The summed E-state index contributed by atoms with van der Waals surface area (Å²) < 4.78 is 5.76. The lowest BCUT2D eigenvalue weighted by Crippen LogP contribution is -2.20. The Hall–Kier alpha value is -1.55. The first kappa shape index (κ1) is 21.5.